The molecule has 1 fully saturated rings. The summed E-state index contributed by atoms with van der Waals surface area (Å²) in [6.07, 6.45) is 2.04. The Labute approximate surface area is 136 Å². The predicted molar refractivity (Wildman–Crippen MR) is 85.8 cm³/mol. The maximum atomic E-state index is 12.3. The number of halogens is 3. The molecule has 1 aromatic rings. The summed E-state index contributed by atoms with van der Waals surface area (Å²) in [5.74, 6) is 0.291. The van der Waals surface area contributed by atoms with Gasteiger partial charge in [-0.25, -0.2) is 0 Å². The van der Waals surface area contributed by atoms with Crippen LogP contribution >= 0.6 is 35.6 Å². The van der Waals surface area contributed by atoms with Gasteiger partial charge in [0.05, 0.1) is 16.0 Å². The fourth-order valence-electron chi connectivity index (χ4n) is 2.36. The average molecular weight is 338 g/mol. The Morgan fingerprint density at radius 1 is 1.40 bits per heavy atom. The van der Waals surface area contributed by atoms with Crippen LogP contribution in [0.2, 0.25) is 10.0 Å². The van der Waals surface area contributed by atoms with E-state index in [1.165, 1.54) is 0 Å². The Morgan fingerprint density at radius 2 is 2.15 bits per heavy atom. The van der Waals surface area contributed by atoms with Crippen molar-refractivity contribution in [2.75, 3.05) is 20.1 Å². The molecule has 1 aliphatic heterocycles. The second-order valence-electron chi connectivity index (χ2n) is 4.99. The molecule has 0 aliphatic carbocycles. The fourth-order valence-corrected chi connectivity index (χ4v) is 2.68. The molecule has 6 heteroatoms. The molecule has 2 rings (SSSR count). The Kier molecular flexibility index (Phi) is 7.10. The summed E-state index contributed by atoms with van der Waals surface area (Å²) in [6, 6.07) is 5.48. The van der Waals surface area contributed by atoms with E-state index in [9.17, 15) is 4.79 Å². The minimum atomic E-state index is 0. The van der Waals surface area contributed by atoms with Crippen LogP contribution in [0.5, 0.6) is 0 Å². The highest BCUT2D eigenvalue weighted by Gasteiger charge is 2.23. The van der Waals surface area contributed by atoms with Crippen LogP contribution in [0.25, 0.3) is 0 Å². The van der Waals surface area contributed by atoms with Gasteiger partial charge >= 0.3 is 0 Å². The van der Waals surface area contributed by atoms with Crippen molar-refractivity contribution in [3.05, 3.63) is 33.8 Å². The quantitative estimate of drug-likeness (QED) is 0.917. The standard InChI is InChI=1S/C14H18Cl2N2O.ClH/c1-18(14(19)11-3-2-6-17-8-11)9-10-4-5-12(15)13(16)7-10;/h4-5,7,11,17H,2-3,6,8-9H2,1H3;1H. The number of hydrogen-bond acceptors (Lipinski definition) is 2. The molecule has 1 amide bonds. The summed E-state index contributed by atoms with van der Waals surface area (Å²) in [4.78, 5) is 14.0. The summed E-state index contributed by atoms with van der Waals surface area (Å²) in [5.41, 5.74) is 0.994. The average Bonchev–Trinajstić information content (AvgIpc) is 2.43. The van der Waals surface area contributed by atoms with Gasteiger partial charge in [-0.05, 0) is 37.1 Å². The molecule has 1 heterocycles. The molecule has 0 bridgehead atoms. The molecule has 0 spiro atoms. The van der Waals surface area contributed by atoms with E-state index >= 15 is 0 Å². The molecule has 112 valence electrons. The molecule has 1 saturated heterocycles. The highest BCUT2D eigenvalue weighted by Crippen LogP contribution is 2.23. The van der Waals surface area contributed by atoms with Gasteiger partial charge in [0.2, 0.25) is 5.91 Å². The summed E-state index contributed by atoms with van der Waals surface area (Å²) in [7, 11) is 1.83. The molecule has 1 atom stereocenters. The first-order valence-corrected chi connectivity index (χ1v) is 7.23. The maximum Gasteiger partial charge on any atom is 0.227 e. The van der Waals surface area contributed by atoms with Crippen LogP contribution < -0.4 is 5.32 Å². The van der Waals surface area contributed by atoms with E-state index in [0.717, 1.165) is 31.5 Å². The molecule has 0 saturated carbocycles. The van der Waals surface area contributed by atoms with E-state index in [-0.39, 0.29) is 24.2 Å². The molecule has 1 aromatic carbocycles. The number of rotatable bonds is 3. The molecule has 0 radical (unpaired) electrons. The van der Waals surface area contributed by atoms with E-state index < -0.39 is 0 Å². The summed E-state index contributed by atoms with van der Waals surface area (Å²) >= 11 is 11.9. The molecule has 1 N–H and O–H groups in total. The first-order valence-electron chi connectivity index (χ1n) is 6.47. The summed E-state index contributed by atoms with van der Waals surface area (Å²) in [5, 5.41) is 4.33. The lowest BCUT2D eigenvalue weighted by Crippen LogP contribution is -2.41. The molecule has 20 heavy (non-hydrogen) atoms. The van der Waals surface area contributed by atoms with Gasteiger partial charge in [0.15, 0.2) is 0 Å². The number of hydrogen-bond donors (Lipinski definition) is 1. The smallest absolute Gasteiger partial charge is 0.227 e. The lowest BCUT2D eigenvalue weighted by atomic mass is 9.98. The molecule has 1 unspecified atom stereocenters. The van der Waals surface area contributed by atoms with Crippen molar-refractivity contribution in [3.8, 4) is 0 Å². The number of benzene rings is 1. The van der Waals surface area contributed by atoms with Crippen LogP contribution in [0, 0.1) is 5.92 Å². The largest absolute Gasteiger partial charge is 0.341 e. The Morgan fingerprint density at radius 3 is 2.75 bits per heavy atom. The number of carbonyl (C=O) groups is 1. The van der Waals surface area contributed by atoms with Gasteiger partial charge in [0.25, 0.3) is 0 Å². The van der Waals surface area contributed by atoms with Gasteiger partial charge in [-0.1, -0.05) is 29.3 Å². The van der Waals surface area contributed by atoms with E-state index in [4.69, 9.17) is 23.2 Å². The van der Waals surface area contributed by atoms with E-state index in [2.05, 4.69) is 5.32 Å². The minimum Gasteiger partial charge on any atom is -0.341 e. The second-order valence-corrected chi connectivity index (χ2v) is 5.80. The molecular weight excluding hydrogens is 319 g/mol. The van der Waals surface area contributed by atoms with Gasteiger partial charge in [0, 0.05) is 20.1 Å². The Hall–Kier alpha value is -0.480. The van der Waals surface area contributed by atoms with Gasteiger partial charge in [-0.3, -0.25) is 4.79 Å². The molecule has 1 aliphatic rings. The van der Waals surface area contributed by atoms with Crippen LogP contribution in [0.4, 0.5) is 0 Å². The number of piperidine rings is 1. The zero-order valence-corrected chi connectivity index (χ0v) is 13.7. The monoisotopic (exact) mass is 336 g/mol. The van der Waals surface area contributed by atoms with Crippen molar-refractivity contribution in [2.24, 2.45) is 5.92 Å². The first kappa shape index (κ1) is 17.6. The van der Waals surface area contributed by atoms with Crippen LogP contribution in [0.3, 0.4) is 0 Å². The number of carbonyl (C=O) groups excluding carboxylic acids is 1. The summed E-state index contributed by atoms with van der Waals surface area (Å²) in [6.45, 7) is 2.36. The second kappa shape index (κ2) is 8.08. The van der Waals surface area contributed by atoms with Crippen molar-refractivity contribution in [3.63, 3.8) is 0 Å². The van der Waals surface area contributed by atoms with Crippen molar-refractivity contribution in [2.45, 2.75) is 19.4 Å². The predicted octanol–water partition coefficient (Wildman–Crippen LogP) is 3.37. The van der Waals surface area contributed by atoms with Crippen LogP contribution in [0.15, 0.2) is 18.2 Å². The van der Waals surface area contributed by atoms with Crippen LogP contribution in [-0.4, -0.2) is 30.9 Å². The van der Waals surface area contributed by atoms with Crippen molar-refractivity contribution >= 4 is 41.5 Å². The number of nitrogens with zero attached hydrogens (tertiary/aromatic N) is 1. The van der Waals surface area contributed by atoms with E-state index in [1.807, 2.05) is 19.2 Å². The first-order chi connectivity index (χ1) is 9.08. The molecule has 3 nitrogen and oxygen atoms in total. The van der Waals surface area contributed by atoms with Crippen molar-refractivity contribution in [1.82, 2.24) is 10.2 Å². The molecule has 0 aromatic heterocycles. The van der Waals surface area contributed by atoms with Crippen LogP contribution in [-0.2, 0) is 11.3 Å². The lowest BCUT2D eigenvalue weighted by molar-refractivity contribution is -0.135. The van der Waals surface area contributed by atoms with E-state index in [0.29, 0.717) is 16.6 Å². The van der Waals surface area contributed by atoms with Gasteiger partial charge in [-0.2, -0.15) is 0 Å². The third-order valence-electron chi connectivity index (χ3n) is 3.43. The highest BCUT2D eigenvalue weighted by molar-refractivity contribution is 6.42. The third-order valence-corrected chi connectivity index (χ3v) is 4.17. The van der Waals surface area contributed by atoms with Crippen molar-refractivity contribution < 1.29 is 4.79 Å². The van der Waals surface area contributed by atoms with Gasteiger partial charge < -0.3 is 10.2 Å². The number of amides is 1. The Balaban J connectivity index is 0.00000200. The Bertz CT molecular complexity index is 462. The highest BCUT2D eigenvalue weighted by atomic mass is 35.5. The topological polar surface area (TPSA) is 32.3 Å². The van der Waals surface area contributed by atoms with Gasteiger partial charge in [0.1, 0.15) is 0 Å². The van der Waals surface area contributed by atoms with Crippen molar-refractivity contribution in [1.29, 1.82) is 0 Å². The lowest BCUT2D eigenvalue weighted by Gasteiger charge is -2.27. The normalized spacial score (nSPS) is 18.2. The minimum absolute atomic E-state index is 0. The van der Waals surface area contributed by atoms with Gasteiger partial charge in [-0.15, -0.1) is 12.4 Å². The van der Waals surface area contributed by atoms with Crippen LogP contribution in [0.1, 0.15) is 18.4 Å². The third kappa shape index (κ3) is 4.52. The molecular formula is C14H19Cl3N2O. The maximum absolute atomic E-state index is 12.3. The SMILES string of the molecule is CN(Cc1ccc(Cl)c(Cl)c1)C(=O)C1CCCNC1.Cl. The zero-order chi connectivity index (χ0) is 13.8. The fraction of sp³-hybridized carbons (Fsp3) is 0.500. The number of nitrogens with one attached hydrogen (secondary N) is 1. The zero-order valence-electron chi connectivity index (χ0n) is 11.4. The summed E-state index contributed by atoms with van der Waals surface area (Å²) < 4.78 is 0. The van der Waals surface area contributed by atoms with E-state index in [1.54, 1.807) is 11.0 Å².